The van der Waals surface area contributed by atoms with Crippen molar-refractivity contribution in [3.05, 3.63) is 35.6 Å². The molecule has 1 heterocycles. The topological polar surface area (TPSA) is 40.5 Å². The number of β-amino-alcohol motifs (C(OH)–C–C–N with tert-alkyl or cyclic N) is 1. The molecule has 98 valence electrons. The third-order valence-corrected chi connectivity index (χ3v) is 3.46. The van der Waals surface area contributed by atoms with E-state index in [-0.39, 0.29) is 23.9 Å². The van der Waals surface area contributed by atoms with E-state index >= 15 is 0 Å². The van der Waals surface area contributed by atoms with Gasteiger partial charge in [0, 0.05) is 18.0 Å². The zero-order valence-electron chi connectivity index (χ0n) is 10.5. The Balaban J connectivity index is 2.05. The standard InChI is InChI=1S/C14H18FNO2/c1-10-5-4-8-16(14(10)18)9-13(17)11-6-2-3-7-12(11)15/h2-3,6-7,10,13,17H,4-5,8-9H2,1H3. The van der Waals surface area contributed by atoms with Gasteiger partial charge >= 0.3 is 0 Å². The second-order valence-corrected chi connectivity index (χ2v) is 4.86. The Kier molecular flexibility index (Phi) is 3.97. The van der Waals surface area contributed by atoms with Gasteiger partial charge in [0.25, 0.3) is 0 Å². The number of aliphatic hydroxyl groups excluding tert-OH is 1. The Morgan fingerprint density at radius 2 is 2.22 bits per heavy atom. The Labute approximate surface area is 106 Å². The molecule has 1 saturated heterocycles. The highest BCUT2D eigenvalue weighted by Crippen LogP contribution is 2.22. The summed E-state index contributed by atoms with van der Waals surface area (Å²) < 4.78 is 13.5. The summed E-state index contributed by atoms with van der Waals surface area (Å²) in [6.07, 6.45) is 0.877. The Hall–Kier alpha value is -1.42. The quantitative estimate of drug-likeness (QED) is 0.894. The molecule has 1 aromatic carbocycles. The molecule has 0 aliphatic carbocycles. The van der Waals surface area contributed by atoms with E-state index in [0.717, 1.165) is 12.8 Å². The van der Waals surface area contributed by atoms with Gasteiger partial charge in [-0.3, -0.25) is 4.79 Å². The molecule has 1 aromatic rings. The average Bonchev–Trinajstić information content (AvgIpc) is 2.35. The number of benzene rings is 1. The molecule has 18 heavy (non-hydrogen) atoms. The second kappa shape index (κ2) is 5.48. The SMILES string of the molecule is CC1CCCN(CC(O)c2ccccc2F)C1=O. The molecule has 1 N–H and O–H groups in total. The fourth-order valence-corrected chi connectivity index (χ4v) is 2.37. The average molecular weight is 251 g/mol. The van der Waals surface area contributed by atoms with Crippen molar-refractivity contribution < 1.29 is 14.3 Å². The van der Waals surface area contributed by atoms with E-state index in [1.807, 2.05) is 6.92 Å². The number of rotatable bonds is 3. The number of piperidine rings is 1. The van der Waals surface area contributed by atoms with Crippen molar-refractivity contribution in [2.45, 2.75) is 25.9 Å². The number of hydrogen-bond acceptors (Lipinski definition) is 2. The van der Waals surface area contributed by atoms with Crippen LogP contribution in [0.4, 0.5) is 4.39 Å². The minimum absolute atomic E-state index is 0.00608. The van der Waals surface area contributed by atoms with Gasteiger partial charge in [0.05, 0.1) is 12.6 Å². The number of likely N-dealkylation sites (tertiary alicyclic amines) is 1. The van der Waals surface area contributed by atoms with Crippen LogP contribution < -0.4 is 0 Å². The van der Waals surface area contributed by atoms with Crippen LogP contribution in [-0.4, -0.2) is 29.0 Å². The summed E-state index contributed by atoms with van der Waals surface area (Å²) in [5, 5.41) is 10.0. The summed E-state index contributed by atoms with van der Waals surface area (Å²) >= 11 is 0. The molecule has 4 heteroatoms. The zero-order chi connectivity index (χ0) is 13.1. The van der Waals surface area contributed by atoms with Gasteiger partial charge in [0.2, 0.25) is 5.91 Å². The van der Waals surface area contributed by atoms with E-state index in [0.29, 0.717) is 6.54 Å². The highest BCUT2D eigenvalue weighted by atomic mass is 19.1. The van der Waals surface area contributed by atoms with Crippen LogP contribution in [0.1, 0.15) is 31.4 Å². The van der Waals surface area contributed by atoms with Gasteiger partial charge in [0.1, 0.15) is 5.82 Å². The first kappa shape index (κ1) is 13.0. The van der Waals surface area contributed by atoms with E-state index < -0.39 is 11.9 Å². The first-order valence-electron chi connectivity index (χ1n) is 6.31. The third kappa shape index (κ3) is 2.70. The highest BCUT2D eigenvalue weighted by molar-refractivity contribution is 5.79. The maximum atomic E-state index is 13.5. The molecular weight excluding hydrogens is 233 g/mol. The fraction of sp³-hybridized carbons (Fsp3) is 0.500. The number of halogens is 1. The molecule has 1 aliphatic rings. The number of carbonyl (C=O) groups is 1. The number of carbonyl (C=O) groups excluding carboxylic acids is 1. The van der Waals surface area contributed by atoms with Gasteiger partial charge in [-0.25, -0.2) is 4.39 Å². The molecule has 1 fully saturated rings. The van der Waals surface area contributed by atoms with Crippen LogP contribution in [0, 0.1) is 11.7 Å². The lowest BCUT2D eigenvalue weighted by Gasteiger charge is -2.32. The molecule has 0 saturated carbocycles. The molecule has 0 bridgehead atoms. The summed E-state index contributed by atoms with van der Waals surface area (Å²) in [6, 6.07) is 6.14. The molecular formula is C14H18FNO2. The van der Waals surface area contributed by atoms with Crippen LogP contribution in [-0.2, 0) is 4.79 Å². The Morgan fingerprint density at radius 3 is 2.94 bits per heavy atom. The smallest absolute Gasteiger partial charge is 0.225 e. The molecule has 2 rings (SSSR count). The zero-order valence-corrected chi connectivity index (χ0v) is 10.5. The van der Waals surface area contributed by atoms with Crippen LogP contribution in [0.5, 0.6) is 0 Å². The minimum Gasteiger partial charge on any atom is -0.386 e. The largest absolute Gasteiger partial charge is 0.386 e. The van der Waals surface area contributed by atoms with Crippen molar-refractivity contribution in [3.63, 3.8) is 0 Å². The summed E-state index contributed by atoms with van der Waals surface area (Å²) in [4.78, 5) is 13.5. The molecule has 0 aromatic heterocycles. The summed E-state index contributed by atoms with van der Waals surface area (Å²) in [5.74, 6) is -0.370. The molecule has 0 spiro atoms. The van der Waals surface area contributed by atoms with Crippen molar-refractivity contribution in [3.8, 4) is 0 Å². The van der Waals surface area contributed by atoms with E-state index in [1.54, 1.807) is 23.1 Å². The minimum atomic E-state index is -0.958. The van der Waals surface area contributed by atoms with Gasteiger partial charge in [-0.2, -0.15) is 0 Å². The summed E-state index contributed by atoms with van der Waals surface area (Å²) in [7, 11) is 0. The molecule has 2 unspecified atom stereocenters. The third-order valence-electron chi connectivity index (χ3n) is 3.46. The van der Waals surface area contributed by atoms with E-state index in [9.17, 15) is 14.3 Å². The molecule has 0 radical (unpaired) electrons. The Bertz CT molecular complexity index is 436. The van der Waals surface area contributed by atoms with E-state index in [4.69, 9.17) is 0 Å². The maximum Gasteiger partial charge on any atom is 0.225 e. The lowest BCUT2D eigenvalue weighted by molar-refractivity contribution is -0.139. The summed E-state index contributed by atoms with van der Waals surface area (Å²) in [5.41, 5.74) is 0.253. The molecule has 2 atom stereocenters. The van der Waals surface area contributed by atoms with Gasteiger partial charge in [-0.1, -0.05) is 25.1 Å². The maximum absolute atomic E-state index is 13.5. The predicted octanol–water partition coefficient (Wildman–Crippen LogP) is 2.12. The highest BCUT2D eigenvalue weighted by Gasteiger charge is 2.27. The van der Waals surface area contributed by atoms with Crippen molar-refractivity contribution in [2.75, 3.05) is 13.1 Å². The monoisotopic (exact) mass is 251 g/mol. The van der Waals surface area contributed by atoms with Crippen LogP contribution >= 0.6 is 0 Å². The molecule has 3 nitrogen and oxygen atoms in total. The number of amides is 1. The lowest BCUT2D eigenvalue weighted by atomic mass is 9.98. The van der Waals surface area contributed by atoms with Crippen LogP contribution in [0.15, 0.2) is 24.3 Å². The van der Waals surface area contributed by atoms with Gasteiger partial charge < -0.3 is 10.0 Å². The van der Waals surface area contributed by atoms with Gasteiger partial charge in [-0.05, 0) is 18.9 Å². The van der Waals surface area contributed by atoms with Crippen molar-refractivity contribution in [2.24, 2.45) is 5.92 Å². The van der Waals surface area contributed by atoms with E-state index in [2.05, 4.69) is 0 Å². The summed E-state index contributed by atoms with van der Waals surface area (Å²) in [6.45, 7) is 2.71. The number of aliphatic hydroxyl groups is 1. The van der Waals surface area contributed by atoms with E-state index in [1.165, 1.54) is 6.07 Å². The number of hydrogen-bond donors (Lipinski definition) is 1. The fourth-order valence-electron chi connectivity index (χ4n) is 2.37. The van der Waals surface area contributed by atoms with Gasteiger partial charge in [-0.15, -0.1) is 0 Å². The van der Waals surface area contributed by atoms with Crippen LogP contribution in [0.3, 0.4) is 0 Å². The Morgan fingerprint density at radius 1 is 1.50 bits per heavy atom. The van der Waals surface area contributed by atoms with Crippen molar-refractivity contribution >= 4 is 5.91 Å². The van der Waals surface area contributed by atoms with Crippen LogP contribution in [0.2, 0.25) is 0 Å². The first-order valence-corrected chi connectivity index (χ1v) is 6.31. The predicted molar refractivity (Wildman–Crippen MR) is 66.3 cm³/mol. The van der Waals surface area contributed by atoms with Crippen LogP contribution in [0.25, 0.3) is 0 Å². The molecule has 1 amide bonds. The normalized spacial score (nSPS) is 22.1. The molecule has 1 aliphatic heterocycles. The number of nitrogens with zero attached hydrogens (tertiary/aromatic N) is 1. The lowest BCUT2D eigenvalue weighted by Crippen LogP contribution is -2.42. The van der Waals surface area contributed by atoms with Crippen molar-refractivity contribution in [1.29, 1.82) is 0 Å². The first-order chi connectivity index (χ1) is 8.59. The van der Waals surface area contributed by atoms with Gasteiger partial charge in [0.15, 0.2) is 0 Å². The van der Waals surface area contributed by atoms with Crippen molar-refractivity contribution in [1.82, 2.24) is 4.90 Å². The second-order valence-electron chi connectivity index (χ2n) is 4.86.